The first-order chi connectivity index (χ1) is 15.5. The second-order valence-electron chi connectivity index (χ2n) is 7.67. The van der Waals surface area contributed by atoms with Crippen molar-refractivity contribution in [3.05, 3.63) is 84.8 Å². The maximum atomic E-state index is 13.2. The monoisotopic (exact) mass is 446 g/mol. The smallest absolute Gasteiger partial charge is 0.138 e. The largest absolute Gasteiger partial charge is 0.497 e. The molecular formula is C24H22N4O3S. The van der Waals surface area contributed by atoms with Gasteiger partial charge in [0.25, 0.3) is 0 Å². The van der Waals surface area contributed by atoms with E-state index in [-0.39, 0.29) is 0 Å². The third-order valence-electron chi connectivity index (χ3n) is 5.47. The van der Waals surface area contributed by atoms with Crippen LogP contribution >= 0.6 is 0 Å². The number of pyridine rings is 2. The van der Waals surface area contributed by atoms with Crippen LogP contribution in [0.4, 0.5) is 0 Å². The predicted octanol–water partition coefficient (Wildman–Crippen LogP) is 4.82. The molecule has 1 unspecified atom stereocenters. The van der Waals surface area contributed by atoms with Gasteiger partial charge < -0.3 is 9.47 Å². The highest BCUT2D eigenvalue weighted by atomic mass is 32.2. The van der Waals surface area contributed by atoms with Gasteiger partial charge in [-0.3, -0.25) is 9.97 Å². The lowest BCUT2D eigenvalue weighted by Crippen LogP contribution is -2.17. The van der Waals surface area contributed by atoms with Crippen LogP contribution in [0.1, 0.15) is 18.5 Å². The van der Waals surface area contributed by atoms with Gasteiger partial charge in [-0.05, 0) is 67.4 Å². The third-order valence-corrected chi connectivity index (χ3v) is 7.04. The molecule has 2 N–H and O–H groups in total. The molecule has 162 valence electrons. The van der Waals surface area contributed by atoms with Crippen molar-refractivity contribution in [1.82, 2.24) is 9.97 Å². The van der Waals surface area contributed by atoms with Crippen LogP contribution in [0, 0.1) is 0 Å². The molecular weight excluding hydrogens is 424 g/mol. The number of hydrogen-bond acceptors (Lipinski definition) is 6. The SMILES string of the molecule is COc1ccc2c(Oc3ccc(S(N)(=O)=NC4(c5ccccn5)CC4)cc3)ccnc2c1. The molecule has 1 aliphatic carbocycles. The Balaban J connectivity index is 1.41. The van der Waals surface area contributed by atoms with Crippen LogP contribution in [0.3, 0.4) is 0 Å². The molecule has 1 atom stereocenters. The fourth-order valence-corrected chi connectivity index (χ4v) is 5.04. The summed E-state index contributed by atoms with van der Waals surface area (Å²) in [5.74, 6) is 1.99. The minimum atomic E-state index is -3.08. The standard InChI is InChI=1S/C24H22N4O3S/c1-30-18-7-10-20-21(16-18)26-15-11-22(20)31-17-5-8-19(9-6-17)32(25,29)28-24(12-13-24)23-4-2-3-14-27-23/h2-11,14-16H,12-13H2,1H3,(H2,25,28,29). The highest BCUT2D eigenvalue weighted by Gasteiger charge is 2.47. The Morgan fingerprint density at radius 3 is 2.44 bits per heavy atom. The maximum absolute atomic E-state index is 13.2. The summed E-state index contributed by atoms with van der Waals surface area (Å²) in [7, 11) is -1.46. The van der Waals surface area contributed by atoms with Crippen molar-refractivity contribution in [2.75, 3.05) is 7.11 Å². The van der Waals surface area contributed by atoms with Gasteiger partial charge in [-0.2, -0.15) is 0 Å². The van der Waals surface area contributed by atoms with E-state index >= 15 is 0 Å². The molecule has 0 amide bonds. The van der Waals surface area contributed by atoms with Crippen LogP contribution in [-0.2, 0) is 15.5 Å². The van der Waals surface area contributed by atoms with Gasteiger partial charge in [0.1, 0.15) is 32.7 Å². The fourth-order valence-electron chi connectivity index (χ4n) is 3.61. The molecule has 1 fully saturated rings. The summed E-state index contributed by atoms with van der Waals surface area (Å²) in [4.78, 5) is 9.21. The number of benzene rings is 2. The Bertz CT molecular complexity index is 1390. The molecule has 0 aliphatic heterocycles. The molecule has 1 aliphatic rings. The maximum Gasteiger partial charge on any atom is 0.138 e. The summed E-state index contributed by atoms with van der Waals surface area (Å²) < 4.78 is 29.1. The number of rotatable bonds is 6. The highest BCUT2D eigenvalue weighted by molar-refractivity contribution is 7.91. The van der Waals surface area contributed by atoms with Crippen LogP contribution in [0.25, 0.3) is 10.9 Å². The Morgan fingerprint density at radius 2 is 1.75 bits per heavy atom. The van der Waals surface area contributed by atoms with Crippen molar-refractivity contribution in [2.24, 2.45) is 9.50 Å². The molecule has 0 saturated heterocycles. The van der Waals surface area contributed by atoms with Crippen molar-refractivity contribution < 1.29 is 13.7 Å². The number of hydrogen-bond donors (Lipinski definition) is 1. The van der Waals surface area contributed by atoms with Gasteiger partial charge >= 0.3 is 0 Å². The Morgan fingerprint density at radius 1 is 0.969 bits per heavy atom. The zero-order valence-electron chi connectivity index (χ0n) is 17.5. The number of ether oxygens (including phenoxy) is 2. The van der Waals surface area contributed by atoms with Crippen LogP contribution in [0.5, 0.6) is 17.2 Å². The van der Waals surface area contributed by atoms with E-state index < -0.39 is 15.5 Å². The average molecular weight is 447 g/mol. The molecule has 5 rings (SSSR count). The summed E-state index contributed by atoms with van der Waals surface area (Å²) in [5.41, 5.74) is 1.02. The van der Waals surface area contributed by atoms with Crippen molar-refractivity contribution in [2.45, 2.75) is 23.3 Å². The van der Waals surface area contributed by atoms with Gasteiger partial charge in [0.2, 0.25) is 0 Å². The van der Waals surface area contributed by atoms with E-state index in [9.17, 15) is 4.21 Å². The lowest BCUT2D eigenvalue weighted by Gasteiger charge is -2.13. The third kappa shape index (κ3) is 3.90. The number of nitrogens with two attached hydrogens (primary N) is 1. The number of aromatic nitrogens is 2. The quantitative estimate of drug-likeness (QED) is 0.458. The van der Waals surface area contributed by atoms with Crippen LogP contribution in [0.2, 0.25) is 0 Å². The first-order valence-corrected chi connectivity index (χ1v) is 11.8. The molecule has 2 aromatic heterocycles. The van der Waals surface area contributed by atoms with Gasteiger partial charge in [-0.25, -0.2) is 13.7 Å². The second-order valence-corrected chi connectivity index (χ2v) is 9.46. The van der Waals surface area contributed by atoms with Crippen LogP contribution in [0.15, 0.2) is 88.4 Å². The van der Waals surface area contributed by atoms with Crippen molar-refractivity contribution in [3.63, 3.8) is 0 Å². The van der Waals surface area contributed by atoms with Gasteiger partial charge in [0.05, 0.1) is 23.2 Å². The van der Waals surface area contributed by atoms with Crippen LogP contribution < -0.4 is 14.6 Å². The first kappa shape index (κ1) is 20.4. The first-order valence-electron chi connectivity index (χ1n) is 10.2. The van der Waals surface area contributed by atoms with Gasteiger partial charge in [-0.1, -0.05) is 6.07 Å². The highest BCUT2D eigenvalue weighted by Crippen LogP contribution is 2.49. The van der Waals surface area contributed by atoms with Crippen molar-refractivity contribution >= 4 is 20.8 Å². The molecule has 4 aromatic rings. The van der Waals surface area contributed by atoms with E-state index in [1.54, 1.807) is 49.8 Å². The summed E-state index contributed by atoms with van der Waals surface area (Å²) in [5, 5.41) is 7.04. The molecule has 32 heavy (non-hydrogen) atoms. The second kappa shape index (κ2) is 7.89. The number of nitrogens with zero attached hydrogens (tertiary/aromatic N) is 3. The minimum absolute atomic E-state index is 0.455. The zero-order valence-corrected chi connectivity index (χ0v) is 18.3. The molecule has 1 saturated carbocycles. The number of fused-ring (bicyclic) bond motifs is 1. The lowest BCUT2D eigenvalue weighted by molar-refractivity contribution is 0.415. The molecule has 0 spiro atoms. The molecule has 2 heterocycles. The van der Waals surface area contributed by atoms with Gasteiger partial charge in [0.15, 0.2) is 0 Å². The fraction of sp³-hybridized carbons (Fsp3) is 0.167. The number of methoxy groups -OCH3 is 1. The molecule has 0 radical (unpaired) electrons. The predicted molar refractivity (Wildman–Crippen MR) is 123 cm³/mol. The molecule has 8 heteroatoms. The molecule has 7 nitrogen and oxygen atoms in total. The summed E-state index contributed by atoms with van der Waals surface area (Å²) >= 11 is 0. The van der Waals surface area contributed by atoms with E-state index in [4.69, 9.17) is 14.6 Å². The average Bonchev–Trinajstić information content (AvgIpc) is 3.60. The van der Waals surface area contributed by atoms with Gasteiger partial charge in [0, 0.05) is 23.8 Å². The summed E-state index contributed by atoms with van der Waals surface area (Å²) in [6.45, 7) is 0. The zero-order chi connectivity index (χ0) is 22.2. The topological polar surface area (TPSA) is 99.7 Å². The van der Waals surface area contributed by atoms with E-state index in [1.807, 2.05) is 36.4 Å². The molecule has 0 bridgehead atoms. The van der Waals surface area contributed by atoms with E-state index in [0.29, 0.717) is 16.4 Å². The minimum Gasteiger partial charge on any atom is -0.497 e. The normalized spacial score (nSPS) is 16.2. The van der Waals surface area contributed by atoms with E-state index in [0.717, 1.165) is 35.2 Å². The van der Waals surface area contributed by atoms with E-state index in [1.165, 1.54) is 0 Å². The Labute approximate surface area is 186 Å². The Hall–Kier alpha value is -3.49. The summed E-state index contributed by atoms with van der Waals surface area (Å²) in [6.07, 6.45) is 4.98. The van der Waals surface area contributed by atoms with Crippen molar-refractivity contribution in [1.29, 1.82) is 0 Å². The van der Waals surface area contributed by atoms with Gasteiger partial charge in [-0.15, -0.1) is 0 Å². The summed E-state index contributed by atoms with van der Waals surface area (Å²) in [6, 6.07) is 20.0. The van der Waals surface area contributed by atoms with Crippen molar-refractivity contribution in [3.8, 4) is 17.2 Å². The van der Waals surface area contributed by atoms with E-state index in [2.05, 4.69) is 14.3 Å². The molecule has 2 aromatic carbocycles. The van der Waals surface area contributed by atoms with Crippen LogP contribution in [-0.4, -0.2) is 21.3 Å². The Kier molecular flexibility index (Phi) is 5.03. The lowest BCUT2D eigenvalue weighted by atomic mass is 10.2.